The van der Waals surface area contributed by atoms with Gasteiger partial charge in [-0.25, -0.2) is 0 Å². The average Bonchev–Trinajstić information content (AvgIpc) is 2.63. The molecule has 1 aromatic heterocycles. The molecule has 0 saturated carbocycles. The smallest absolute Gasteiger partial charge is 0.274 e. The molecule has 0 radical (unpaired) electrons. The summed E-state index contributed by atoms with van der Waals surface area (Å²) in [4.78, 5) is 16.5. The quantitative estimate of drug-likeness (QED) is 0.632. The molecule has 0 aliphatic heterocycles. The molecule has 0 bridgehead atoms. The van der Waals surface area contributed by atoms with E-state index in [4.69, 9.17) is 0 Å². The van der Waals surface area contributed by atoms with E-state index in [1.54, 1.807) is 12.3 Å². The molecule has 3 aromatic rings. The number of aromatic nitrogens is 1. The van der Waals surface area contributed by atoms with Crippen molar-refractivity contribution in [3.63, 3.8) is 0 Å². The van der Waals surface area contributed by atoms with Crippen LogP contribution in [-0.4, -0.2) is 17.4 Å². The average molecular weight is 396 g/mol. The maximum atomic E-state index is 12.4. The highest BCUT2D eigenvalue weighted by Crippen LogP contribution is 2.17. The van der Waals surface area contributed by atoms with Crippen molar-refractivity contribution in [2.75, 3.05) is 17.2 Å². The van der Waals surface area contributed by atoms with Gasteiger partial charge in [-0.2, -0.15) is 0 Å². The molecule has 1 heterocycles. The van der Waals surface area contributed by atoms with Crippen molar-refractivity contribution in [2.24, 2.45) is 0 Å². The third-order valence-electron chi connectivity index (χ3n) is 3.66. The Hall–Kier alpha value is -2.66. The lowest BCUT2D eigenvalue weighted by atomic mass is 10.1. The molecule has 0 aliphatic rings. The van der Waals surface area contributed by atoms with E-state index in [9.17, 15) is 4.79 Å². The van der Waals surface area contributed by atoms with Crippen molar-refractivity contribution in [1.82, 2.24) is 4.98 Å². The zero-order valence-corrected chi connectivity index (χ0v) is 15.2. The normalized spacial score (nSPS) is 10.3. The van der Waals surface area contributed by atoms with Gasteiger partial charge in [-0.15, -0.1) is 0 Å². The van der Waals surface area contributed by atoms with E-state index in [1.165, 1.54) is 5.56 Å². The third-order valence-corrected chi connectivity index (χ3v) is 4.15. The Labute approximate surface area is 155 Å². The van der Waals surface area contributed by atoms with Crippen molar-refractivity contribution in [1.29, 1.82) is 0 Å². The molecule has 0 fully saturated rings. The number of pyridine rings is 1. The molecule has 0 aliphatic carbocycles. The Morgan fingerprint density at radius 3 is 2.60 bits per heavy atom. The van der Waals surface area contributed by atoms with Gasteiger partial charge < -0.3 is 10.6 Å². The fourth-order valence-electron chi connectivity index (χ4n) is 2.42. The van der Waals surface area contributed by atoms with Crippen molar-refractivity contribution in [3.8, 4) is 0 Å². The van der Waals surface area contributed by atoms with Crippen molar-refractivity contribution in [2.45, 2.75) is 6.42 Å². The summed E-state index contributed by atoms with van der Waals surface area (Å²) in [5, 5.41) is 6.18. The summed E-state index contributed by atoms with van der Waals surface area (Å²) < 4.78 is 0.912. The lowest BCUT2D eigenvalue weighted by Crippen LogP contribution is -2.14. The van der Waals surface area contributed by atoms with Gasteiger partial charge in [0.1, 0.15) is 5.69 Å². The van der Waals surface area contributed by atoms with Gasteiger partial charge >= 0.3 is 0 Å². The standard InChI is InChI=1S/C20H18BrN3O/c21-16-7-4-8-18(13-16)24-20(25)19-14-17(10-12-23-19)22-11-9-15-5-2-1-3-6-15/h1-8,10,12-14H,9,11H2,(H,22,23)(H,24,25). The van der Waals surface area contributed by atoms with Crippen LogP contribution in [0.4, 0.5) is 11.4 Å². The number of rotatable bonds is 6. The fraction of sp³-hybridized carbons (Fsp3) is 0.100. The summed E-state index contributed by atoms with van der Waals surface area (Å²) in [5.41, 5.74) is 3.26. The van der Waals surface area contributed by atoms with E-state index in [2.05, 4.69) is 43.7 Å². The Morgan fingerprint density at radius 1 is 0.960 bits per heavy atom. The molecular formula is C20H18BrN3O. The van der Waals surface area contributed by atoms with E-state index in [0.717, 1.165) is 28.8 Å². The largest absolute Gasteiger partial charge is 0.385 e. The first-order valence-electron chi connectivity index (χ1n) is 8.01. The Bertz CT molecular complexity index is 852. The van der Waals surface area contributed by atoms with Gasteiger partial charge in [0.05, 0.1) is 0 Å². The second-order valence-corrected chi connectivity index (χ2v) is 6.47. The summed E-state index contributed by atoms with van der Waals surface area (Å²) in [6, 6.07) is 21.4. The number of hydrogen-bond donors (Lipinski definition) is 2. The van der Waals surface area contributed by atoms with Crippen LogP contribution < -0.4 is 10.6 Å². The highest BCUT2D eigenvalue weighted by Gasteiger charge is 2.08. The van der Waals surface area contributed by atoms with Gasteiger partial charge in [-0.05, 0) is 42.3 Å². The van der Waals surface area contributed by atoms with Crippen LogP contribution in [0.15, 0.2) is 77.4 Å². The molecule has 3 rings (SSSR count). The molecule has 2 aromatic carbocycles. The number of amides is 1. The predicted molar refractivity (Wildman–Crippen MR) is 105 cm³/mol. The van der Waals surface area contributed by atoms with E-state index in [1.807, 2.05) is 48.5 Å². The summed E-state index contributed by atoms with van der Waals surface area (Å²) in [5.74, 6) is -0.232. The first-order chi connectivity index (χ1) is 12.2. The van der Waals surface area contributed by atoms with Gasteiger partial charge in [-0.1, -0.05) is 52.3 Å². The van der Waals surface area contributed by atoms with Crippen LogP contribution in [0.25, 0.3) is 0 Å². The summed E-state index contributed by atoms with van der Waals surface area (Å²) >= 11 is 3.39. The second-order valence-electron chi connectivity index (χ2n) is 5.56. The van der Waals surface area contributed by atoms with Gasteiger partial charge in [0, 0.05) is 28.6 Å². The lowest BCUT2D eigenvalue weighted by Gasteiger charge is -2.09. The number of benzene rings is 2. The van der Waals surface area contributed by atoms with Gasteiger partial charge in [-0.3, -0.25) is 9.78 Å². The first kappa shape index (κ1) is 17.2. The Morgan fingerprint density at radius 2 is 1.80 bits per heavy atom. The molecule has 126 valence electrons. The SMILES string of the molecule is O=C(Nc1cccc(Br)c1)c1cc(NCCc2ccccc2)ccn1. The van der Waals surface area contributed by atoms with Crippen LogP contribution in [0.2, 0.25) is 0 Å². The minimum Gasteiger partial charge on any atom is -0.385 e. The highest BCUT2D eigenvalue weighted by atomic mass is 79.9. The minimum atomic E-state index is -0.232. The van der Waals surface area contributed by atoms with Crippen LogP contribution in [-0.2, 0) is 6.42 Å². The van der Waals surface area contributed by atoms with Crippen LogP contribution in [0.5, 0.6) is 0 Å². The minimum absolute atomic E-state index is 0.232. The first-order valence-corrected chi connectivity index (χ1v) is 8.81. The number of nitrogens with one attached hydrogen (secondary N) is 2. The summed E-state index contributed by atoms with van der Waals surface area (Å²) in [6.07, 6.45) is 2.56. The summed E-state index contributed by atoms with van der Waals surface area (Å²) in [7, 11) is 0. The molecule has 0 saturated heterocycles. The van der Waals surface area contributed by atoms with Gasteiger partial charge in [0.25, 0.3) is 5.91 Å². The van der Waals surface area contributed by atoms with Crippen molar-refractivity contribution in [3.05, 3.63) is 88.7 Å². The van der Waals surface area contributed by atoms with Crippen LogP contribution >= 0.6 is 15.9 Å². The van der Waals surface area contributed by atoms with E-state index >= 15 is 0 Å². The maximum Gasteiger partial charge on any atom is 0.274 e. The number of anilines is 2. The van der Waals surface area contributed by atoms with Crippen molar-refractivity contribution < 1.29 is 4.79 Å². The molecule has 1 amide bonds. The predicted octanol–water partition coefficient (Wildman–Crippen LogP) is 4.75. The van der Waals surface area contributed by atoms with Crippen LogP contribution in [0.1, 0.15) is 16.1 Å². The molecular weight excluding hydrogens is 378 g/mol. The topological polar surface area (TPSA) is 54.0 Å². The van der Waals surface area contributed by atoms with E-state index in [-0.39, 0.29) is 5.91 Å². The zero-order valence-electron chi connectivity index (χ0n) is 13.6. The lowest BCUT2D eigenvalue weighted by molar-refractivity contribution is 0.102. The number of hydrogen-bond acceptors (Lipinski definition) is 3. The highest BCUT2D eigenvalue weighted by molar-refractivity contribution is 9.10. The fourth-order valence-corrected chi connectivity index (χ4v) is 2.82. The van der Waals surface area contributed by atoms with E-state index in [0.29, 0.717) is 5.69 Å². The Balaban J connectivity index is 1.59. The maximum absolute atomic E-state index is 12.4. The van der Waals surface area contributed by atoms with Gasteiger partial charge in [0.2, 0.25) is 0 Å². The molecule has 2 N–H and O–H groups in total. The molecule has 0 unspecified atom stereocenters. The second kappa shape index (κ2) is 8.44. The monoisotopic (exact) mass is 395 g/mol. The zero-order chi connectivity index (χ0) is 17.5. The molecule has 25 heavy (non-hydrogen) atoms. The molecule has 5 heteroatoms. The van der Waals surface area contributed by atoms with Gasteiger partial charge in [0.15, 0.2) is 0 Å². The Kier molecular flexibility index (Phi) is 5.80. The number of carbonyl (C=O) groups is 1. The molecule has 4 nitrogen and oxygen atoms in total. The molecule has 0 atom stereocenters. The number of nitrogens with zero attached hydrogens (tertiary/aromatic N) is 1. The number of halogens is 1. The van der Waals surface area contributed by atoms with Crippen molar-refractivity contribution >= 4 is 33.2 Å². The van der Waals surface area contributed by atoms with Crippen LogP contribution in [0.3, 0.4) is 0 Å². The summed E-state index contributed by atoms with van der Waals surface area (Å²) in [6.45, 7) is 0.792. The number of carbonyl (C=O) groups excluding carboxylic acids is 1. The van der Waals surface area contributed by atoms with E-state index < -0.39 is 0 Å². The van der Waals surface area contributed by atoms with Crippen LogP contribution in [0, 0.1) is 0 Å². The third kappa shape index (κ3) is 5.16. The molecule has 0 spiro atoms.